The molecule has 0 fully saturated rings. The zero-order valence-corrected chi connectivity index (χ0v) is 18.2. The number of nitrogen functional groups attached to an aromatic ring is 1. The van der Waals surface area contributed by atoms with E-state index in [1.54, 1.807) is 24.4 Å². The molecular weight excluding hydrogens is 452 g/mol. The molecule has 2 aromatic carbocycles. The second-order valence-electron chi connectivity index (χ2n) is 8.37. The van der Waals surface area contributed by atoms with Gasteiger partial charge in [-0.3, -0.25) is 9.78 Å². The summed E-state index contributed by atoms with van der Waals surface area (Å²) < 4.78 is 58.9. The second-order valence-corrected chi connectivity index (χ2v) is 8.37. The third kappa shape index (κ3) is 4.43. The largest absolute Gasteiger partial charge is 0.401 e. The zero-order chi connectivity index (χ0) is 24.7. The van der Waals surface area contributed by atoms with E-state index in [2.05, 4.69) is 15.5 Å². The van der Waals surface area contributed by atoms with E-state index in [0.29, 0.717) is 22.3 Å². The van der Waals surface area contributed by atoms with Crippen LogP contribution in [0.3, 0.4) is 0 Å². The van der Waals surface area contributed by atoms with Crippen LogP contribution in [0.2, 0.25) is 0 Å². The molecule has 4 rings (SSSR count). The number of aromatic nitrogens is 2. The summed E-state index contributed by atoms with van der Waals surface area (Å²) in [6.07, 6.45) is -3.32. The van der Waals surface area contributed by atoms with Crippen LogP contribution in [-0.4, -0.2) is 22.2 Å². The first-order valence-corrected chi connectivity index (χ1v) is 10.2. The first-order chi connectivity index (χ1) is 16.0. The molecule has 0 saturated heterocycles. The molecule has 3 N–H and O–H groups in total. The number of hydrogen-bond donors (Lipinski definition) is 2. The third-order valence-electron chi connectivity index (χ3n) is 5.58. The van der Waals surface area contributed by atoms with E-state index in [1.807, 2.05) is 12.1 Å². The van der Waals surface area contributed by atoms with E-state index < -0.39 is 29.1 Å². The number of para-hydroxylation sites is 1. The summed E-state index contributed by atoms with van der Waals surface area (Å²) in [5, 5.41) is 6.61. The number of rotatable bonds is 5. The summed E-state index contributed by atoms with van der Waals surface area (Å²) in [5.41, 5.74) is 6.17. The maximum absolute atomic E-state index is 14.7. The molecule has 0 spiro atoms. The van der Waals surface area contributed by atoms with E-state index in [1.165, 1.54) is 12.1 Å². The Labute approximate surface area is 191 Å². The predicted molar refractivity (Wildman–Crippen MR) is 119 cm³/mol. The molecule has 0 aliphatic rings. The van der Waals surface area contributed by atoms with Crippen LogP contribution in [-0.2, 0) is 16.6 Å². The van der Waals surface area contributed by atoms with Gasteiger partial charge in [0.1, 0.15) is 11.2 Å². The summed E-state index contributed by atoms with van der Waals surface area (Å²) in [5.74, 6) is -1.90. The average Bonchev–Trinajstić information content (AvgIpc) is 3.23. The highest BCUT2D eigenvalue weighted by molar-refractivity contribution is 5.92. The van der Waals surface area contributed by atoms with Gasteiger partial charge in [0.15, 0.2) is 11.6 Å². The van der Waals surface area contributed by atoms with Gasteiger partial charge in [0.2, 0.25) is 5.91 Å². The van der Waals surface area contributed by atoms with Crippen LogP contribution in [0.25, 0.3) is 22.0 Å². The van der Waals surface area contributed by atoms with Crippen LogP contribution in [0.5, 0.6) is 0 Å². The molecule has 34 heavy (non-hydrogen) atoms. The van der Waals surface area contributed by atoms with Crippen molar-refractivity contribution in [2.75, 3.05) is 11.1 Å². The minimum Gasteiger partial charge on any atom is -0.397 e. The maximum Gasteiger partial charge on any atom is 0.401 e. The molecule has 0 unspecified atom stereocenters. The van der Waals surface area contributed by atoms with Crippen molar-refractivity contribution in [3.05, 3.63) is 71.9 Å². The predicted octanol–water partition coefficient (Wildman–Crippen LogP) is 5.63. The SMILES string of the molecule is CC(C)(c1cc(NC(=O)Cc2ccc(-c3cnc4c(N)cccc4c3)cc2F)no1)C(F)(F)F. The molecule has 0 saturated carbocycles. The molecule has 0 atom stereocenters. The molecule has 2 heterocycles. The molecule has 1 amide bonds. The minimum atomic E-state index is -4.56. The topological polar surface area (TPSA) is 94.0 Å². The Morgan fingerprint density at radius 3 is 2.56 bits per heavy atom. The van der Waals surface area contributed by atoms with Gasteiger partial charge in [-0.1, -0.05) is 29.4 Å². The Bertz CT molecular complexity index is 1380. The lowest BCUT2D eigenvalue weighted by molar-refractivity contribution is -0.185. The molecule has 176 valence electrons. The quantitative estimate of drug-likeness (QED) is 0.290. The van der Waals surface area contributed by atoms with Crippen LogP contribution >= 0.6 is 0 Å². The highest BCUT2D eigenvalue weighted by Gasteiger charge is 2.51. The maximum atomic E-state index is 14.7. The second kappa shape index (κ2) is 8.44. The monoisotopic (exact) mass is 472 g/mol. The van der Waals surface area contributed by atoms with Gasteiger partial charge in [-0.15, -0.1) is 0 Å². The van der Waals surface area contributed by atoms with E-state index in [9.17, 15) is 22.4 Å². The van der Waals surface area contributed by atoms with Gasteiger partial charge in [0.25, 0.3) is 0 Å². The van der Waals surface area contributed by atoms with Crippen molar-refractivity contribution in [2.45, 2.75) is 31.9 Å². The number of amides is 1. The lowest BCUT2D eigenvalue weighted by Crippen LogP contribution is -2.35. The van der Waals surface area contributed by atoms with Crippen molar-refractivity contribution in [3.63, 3.8) is 0 Å². The van der Waals surface area contributed by atoms with Crippen molar-refractivity contribution >= 4 is 28.3 Å². The number of halogens is 4. The Morgan fingerprint density at radius 1 is 1.09 bits per heavy atom. The Balaban J connectivity index is 1.48. The van der Waals surface area contributed by atoms with Crippen molar-refractivity contribution in [3.8, 4) is 11.1 Å². The number of benzene rings is 2. The fraction of sp³-hybridized carbons (Fsp3) is 0.208. The highest BCUT2D eigenvalue weighted by Crippen LogP contribution is 2.41. The number of nitrogens with two attached hydrogens (primary N) is 1. The van der Waals surface area contributed by atoms with Gasteiger partial charge in [-0.05, 0) is 43.2 Å². The molecule has 2 aromatic heterocycles. The minimum absolute atomic E-state index is 0.110. The number of nitrogens with zero attached hydrogens (tertiary/aromatic N) is 2. The number of carbonyl (C=O) groups excluding carboxylic acids is 1. The van der Waals surface area contributed by atoms with Crippen molar-refractivity contribution in [2.24, 2.45) is 0 Å². The van der Waals surface area contributed by atoms with Crippen LogP contribution in [0.4, 0.5) is 29.1 Å². The van der Waals surface area contributed by atoms with Crippen molar-refractivity contribution in [1.29, 1.82) is 0 Å². The van der Waals surface area contributed by atoms with Crippen LogP contribution in [0, 0.1) is 5.82 Å². The molecule has 6 nitrogen and oxygen atoms in total. The van der Waals surface area contributed by atoms with Gasteiger partial charge in [-0.2, -0.15) is 13.2 Å². The standard InChI is InChI=1S/C24H20F4N4O2/c1-23(2,24(26,27)28)19-11-20(32-34-19)31-21(33)10-14-7-6-13(9-17(14)25)16-8-15-4-3-5-18(29)22(15)30-12-16/h3-9,11-12H,10,29H2,1-2H3,(H,31,32,33). The molecular formula is C24H20F4N4O2. The summed E-state index contributed by atoms with van der Waals surface area (Å²) >= 11 is 0. The van der Waals surface area contributed by atoms with Crippen LogP contribution < -0.4 is 11.1 Å². The first-order valence-electron chi connectivity index (χ1n) is 10.2. The van der Waals surface area contributed by atoms with Crippen LogP contribution in [0.1, 0.15) is 25.2 Å². The van der Waals surface area contributed by atoms with E-state index in [4.69, 9.17) is 10.3 Å². The molecule has 0 aliphatic heterocycles. The molecule has 4 aromatic rings. The fourth-order valence-electron chi connectivity index (χ4n) is 3.34. The third-order valence-corrected chi connectivity index (χ3v) is 5.58. The van der Waals surface area contributed by atoms with Gasteiger partial charge in [-0.25, -0.2) is 4.39 Å². The Morgan fingerprint density at radius 2 is 1.85 bits per heavy atom. The van der Waals surface area contributed by atoms with Crippen molar-refractivity contribution < 1.29 is 26.9 Å². The smallest absolute Gasteiger partial charge is 0.397 e. The van der Waals surface area contributed by atoms with E-state index in [-0.39, 0.29) is 17.8 Å². The zero-order valence-electron chi connectivity index (χ0n) is 18.2. The Hall–Kier alpha value is -3.95. The van der Waals surface area contributed by atoms with Crippen LogP contribution in [0.15, 0.2) is 59.3 Å². The number of pyridine rings is 1. The summed E-state index contributed by atoms with van der Waals surface area (Å²) in [4.78, 5) is 16.7. The van der Waals surface area contributed by atoms with Gasteiger partial charge in [0.05, 0.1) is 17.6 Å². The lowest BCUT2D eigenvalue weighted by Gasteiger charge is -2.24. The summed E-state index contributed by atoms with van der Waals surface area (Å²) in [7, 11) is 0. The molecule has 0 aliphatic carbocycles. The van der Waals surface area contributed by atoms with Gasteiger partial charge in [0, 0.05) is 23.2 Å². The Kier molecular flexibility index (Phi) is 5.76. The summed E-state index contributed by atoms with van der Waals surface area (Å²) in [6, 6.07) is 12.6. The molecule has 0 bridgehead atoms. The number of nitrogens with one attached hydrogen (secondary N) is 1. The van der Waals surface area contributed by atoms with E-state index in [0.717, 1.165) is 25.3 Å². The first kappa shape index (κ1) is 23.2. The number of hydrogen-bond acceptors (Lipinski definition) is 5. The highest BCUT2D eigenvalue weighted by atomic mass is 19.4. The van der Waals surface area contributed by atoms with Gasteiger partial charge >= 0.3 is 6.18 Å². The number of fused-ring (bicyclic) bond motifs is 1. The van der Waals surface area contributed by atoms with Crippen molar-refractivity contribution in [1.82, 2.24) is 10.1 Å². The normalized spacial score (nSPS) is 12.2. The average molecular weight is 472 g/mol. The van der Waals surface area contributed by atoms with Gasteiger partial charge < -0.3 is 15.6 Å². The number of carbonyl (C=O) groups is 1. The molecule has 10 heteroatoms. The fourth-order valence-corrected chi connectivity index (χ4v) is 3.34. The van der Waals surface area contributed by atoms with E-state index >= 15 is 0 Å². The number of anilines is 2. The number of alkyl halides is 3. The summed E-state index contributed by atoms with van der Waals surface area (Å²) in [6.45, 7) is 1.88. The lowest BCUT2D eigenvalue weighted by atomic mass is 9.89. The molecule has 0 radical (unpaired) electrons.